The summed E-state index contributed by atoms with van der Waals surface area (Å²) in [6, 6.07) is 16.3. The highest BCUT2D eigenvalue weighted by atomic mass is 19.4. The maximum atomic E-state index is 13.3. The Morgan fingerprint density at radius 2 is 1.82 bits per heavy atom. The maximum absolute atomic E-state index is 13.3. The molecule has 0 radical (unpaired) electrons. The van der Waals surface area contributed by atoms with Crippen molar-refractivity contribution in [1.29, 1.82) is 0 Å². The molecule has 0 saturated carbocycles. The number of nitrogens with one attached hydrogen (secondary N) is 1. The summed E-state index contributed by atoms with van der Waals surface area (Å²) in [6.07, 6.45) is 0.149. The van der Waals surface area contributed by atoms with Crippen molar-refractivity contribution < 1.29 is 22.8 Å². The molecule has 10 heteroatoms. The second-order valence-corrected chi connectivity index (χ2v) is 9.28. The zero-order valence-corrected chi connectivity index (χ0v) is 21.1. The molecule has 3 aromatic heterocycles. The molecule has 7 nitrogen and oxygen atoms in total. The molecule has 0 spiro atoms. The molecule has 0 fully saturated rings. The van der Waals surface area contributed by atoms with Gasteiger partial charge in [-0.2, -0.15) is 13.2 Å². The highest BCUT2D eigenvalue weighted by molar-refractivity contribution is 6.05. The van der Waals surface area contributed by atoms with E-state index in [1.807, 2.05) is 43.3 Å². The SMILES string of the molecule is Cc1ccc(-c2cc(C(=O)N[C@H](C)c3ccc(C(F)(F)F)nc3)cc(C3=NO[C@@H](c4ccccn4)C3)c2)nc1. The summed E-state index contributed by atoms with van der Waals surface area (Å²) >= 11 is 0. The van der Waals surface area contributed by atoms with E-state index in [2.05, 4.69) is 25.4 Å². The van der Waals surface area contributed by atoms with Crippen LogP contribution in [0, 0.1) is 6.92 Å². The van der Waals surface area contributed by atoms with E-state index >= 15 is 0 Å². The van der Waals surface area contributed by atoms with Crippen molar-refractivity contribution in [2.75, 3.05) is 0 Å². The number of pyridine rings is 3. The molecule has 1 aliphatic rings. The summed E-state index contributed by atoms with van der Waals surface area (Å²) in [5.74, 6) is -0.404. The molecular formula is C29H24F3N5O2. The topological polar surface area (TPSA) is 89.4 Å². The Morgan fingerprint density at radius 1 is 1.00 bits per heavy atom. The second-order valence-electron chi connectivity index (χ2n) is 9.28. The second kappa shape index (κ2) is 10.6. The van der Waals surface area contributed by atoms with Gasteiger partial charge in [0.25, 0.3) is 5.91 Å². The zero-order valence-electron chi connectivity index (χ0n) is 21.1. The minimum absolute atomic E-state index is 0.341. The number of carbonyl (C=O) groups excluding carboxylic acids is 1. The average Bonchev–Trinajstić information content (AvgIpc) is 3.44. The third kappa shape index (κ3) is 5.95. The van der Waals surface area contributed by atoms with Crippen molar-refractivity contribution in [2.24, 2.45) is 5.16 Å². The molecule has 1 aliphatic heterocycles. The molecule has 2 atom stereocenters. The fraction of sp³-hybridized carbons (Fsp3) is 0.207. The van der Waals surface area contributed by atoms with E-state index in [4.69, 9.17) is 4.84 Å². The standard InChI is InChI=1S/C29H24F3N5O2/c1-17-6-8-23(34-15-17)20-11-21(25-14-26(39-37-25)24-5-3-4-10-33-24)13-22(12-20)28(38)36-18(2)19-7-9-27(35-16-19)29(30,31)32/h3-13,15-16,18,26H,14H2,1-2H3,(H,36,38)/t18-,26-/m1/s1. The van der Waals surface area contributed by atoms with E-state index in [1.165, 1.54) is 6.07 Å². The lowest BCUT2D eigenvalue weighted by Gasteiger charge is -2.16. The predicted octanol–water partition coefficient (Wildman–Crippen LogP) is 6.22. The van der Waals surface area contributed by atoms with E-state index in [1.54, 1.807) is 31.5 Å². The summed E-state index contributed by atoms with van der Waals surface area (Å²) in [4.78, 5) is 31.3. The molecule has 1 amide bonds. The first-order valence-corrected chi connectivity index (χ1v) is 12.2. The highest BCUT2D eigenvalue weighted by Gasteiger charge is 2.32. The summed E-state index contributed by atoms with van der Waals surface area (Å²) in [7, 11) is 0. The van der Waals surface area contributed by atoms with Gasteiger partial charge in [-0.3, -0.25) is 19.7 Å². The van der Waals surface area contributed by atoms with Gasteiger partial charge in [0.1, 0.15) is 5.69 Å². The molecule has 39 heavy (non-hydrogen) atoms. The number of rotatable bonds is 6. The van der Waals surface area contributed by atoms with Gasteiger partial charge < -0.3 is 10.2 Å². The lowest BCUT2D eigenvalue weighted by Crippen LogP contribution is -2.27. The Hall–Kier alpha value is -4.60. The summed E-state index contributed by atoms with van der Waals surface area (Å²) < 4.78 is 38.6. The van der Waals surface area contributed by atoms with Gasteiger partial charge >= 0.3 is 6.18 Å². The normalized spacial score (nSPS) is 15.8. The van der Waals surface area contributed by atoms with E-state index < -0.39 is 23.8 Å². The molecule has 1 N–H and O–H groups in total. The molecule has 1 aromatic carbocycles. The monoisotopic (exact) mass is 531 g/mol. The minimum atomic E-state index is -4.53. The summed E-state index contributed by atoms with van der Waals surface area (Å²) in [5, 5.41) is 7.12. The Morgan fingerprint density at radius 3 is 2.49 bits per heavy atom. The zero-order chi connectivity index (χ0) is 27.6. The van der Waals surface area contributed by atoms with Crippen molar-refractivity contribution in [3.05, 3.63) is 113 Å². The van der Waals surface area contributed by atoms with Crippen molar-refractivity contribution in [2.45, 2.75) is 38.6 Å². The van der Waals surface area contributed by atoms with Crippen LogP contribution in [0.2, 0.25) is 0 Å². The van der Waals surface area contributed by atoms with Gasteiger partial charge in [0.2, 0.25) is 0 Å². The Labute approximate surface area is 222 Å². The number of halogens is 3. The van der Waals surface area contributed by atoms with Crippen LogP contribution >= 0.6 is 0 Å². The fourth-order valence-electron chi connectivity index (χ4n) is 4.18. The number of amides is 1. The van der Waals surface area contributed by atoms with Crippen molar-refractivity contribution >= 4 is 11.6 Å². The Kier molecular flexibility index (Phi) is 7.10. The number of nitrogens with zero attached hydrogens (tertiary/aromatic N) is 4. The van der Waals surface area contributed by atoms with Gasteiger partial charge in [-0.15, -0.1) is 0 Å². The number of oxime groups is 1. The molecule has 0 saturated heterocycles. The number of aromatic nitrogens is 3. The quantitative estimate of drug-likeness (QED) is 0.319. The number of hydrogen-bond acceptors (Lipinski definition) is 6. The third-order valence-electron chi connectivity index (χ3n) is 6.35. The average molecular weight is 532 g/mol. The molecular weight excluding hydrogens is 507 g/mol. The van der Waals surface area contributed by atoms with Gasteiger partial charge in [0.15, 0.2) is 6.10 Å². The molecule has 0 bridgehead atoms. The van der Waals surface area contributed by atoms with Gasteiger partial charge in [-0.25, -0.2) is 0 Å². The third-order valence-corrected chi connectivity index (χ3v) is 6.35. The molecule has 5 rings (SSSR count). The van der Waals surface area contributed by atoms with Gasteiger partial charge in [-0.05, 0) is 67.4 Å². The number of carbonyl (C=O) groups is 1. The number of benzene rings is 1. The van der Waals surface area contributed by atoms with Gasteiger partial charge in [0.05, 0.1) is 23.1 Å². The molecule has 0 aliphatic carbocycles. The van der Waals surface area contributed by atoms with Crippen LogP contribution in [0.15, 0.2) is 84.4 Å². The van der Waals surface area contributed by atoms with Gasteiger partial charge in [-0.1, -0.05) is 23.4 Å². The van der Waals surface area contributed by atoms with E-state index in [-0.39, 0.29) is 6.10 Å². The number of alkyl halides is 3. The van der Waals surface area contributed by atoms with E-state index in [0.717, 1.165) is 23.5 Å². The van der Waals surface area contributed by atoms with Gasteiger partial charge in [0, 0.05) is 41.7 Å². The molecule has 4 aromatic rings. The molecule has 0 unspecified atom stereocenters. The van der Waals surface area contributed by atoms with Crippen LogP contribution < -0.4 is 5.32 Å². The van der Waals surface area contributed by atoms with E-state index in [0.29, 0.717) is 40.1 Å². The molecule has 4 heterocycles. The van der Waals surface area contributed by atoms with Crippen LogP contribution in [0.1, 0.15) is 63.9 Å². The van der Waals surface area contributed by atoms with Crippen LogP contribution in [0.5, 0.6) is 0 Å². The number of aryl methyl sites for hydroxylation is 1. The minimum Gasteiger partial charge on any atom is -0.385 e. The Balaban J connectivity index is 1.42. The highest BCUT2D eigenvalue weighted by Crippen LogP contribution is 2.31. The van der Waals surface area contributed by atoms with E-state index in [9.17, 15) is 18.0 Å². The van der Waals surface area contributed by atoms with Crippen molar-refractivity contribution in [3.63, 3.8) is 0 Å². The van der Waals surface area contributed by atoms with Crippen LogP contribution in [-0.4, -0.2) is 26.6 Å². The summed E-state index contributed by atoms with van der Waals surface area (Å²) in [5.41, 5.74) is 4.30. The first-order valence-electron chi connectivity index (χ1n) is 12.2. The fourth-order valence-corrected chi connectivity index (χ4v) is 4.18. The Bertz CT molecular complexity index is 1510. The lowest BCUT2D eigenvalue weighted by molar-refractivity contribution is -0.141. The lowest BCUT2D eigenvalue weighted by atomic mass is 9.96. The molecule has 198 valence electrons. The van der Waals surface area contributed by atoms with Crippen molar-refractivity contribution in [1.82, 2.24) is 20.3 Å². The smallest absolute Gasteiger partial charge is 0.385 e. The van der Waals surface area contributed by atoms with Crippen LogP contribution in [0.3, 0.4) is 0 Å². The first-order chi connectivity index (χ1) is 18.7. The number of hydrogen-bond donors (Lipinski definition) is 1. The van der Waals surface area contributed by atoms with Crippen molar-refractivity contribution in [3.8, 4) is 11.3 Å². The summed E-state index contributed by atoms with van der Waals surface area (Å²) in [6.45, 7) is 3.62. The van der Waals surface area contributed by atoms with Crippen LogP contribution in [0.4, 0.5) is 13.2 Å². The van der Waals surface area contributed by atoms with Crippen LogP contribution in [-0.2, 0) is 11.0 Å². The largest absolute Gasteiger partial charge is 0.433 e. The van der Waals surface area contributed by atoms with Crippen LogP contribution in [0.25, 0.3) is 11.3 Å². The first kappa shape index (κ1) is 26.0. The maximum Gasteiger partial charge on any atom is 0.433 e. The predicted molar refractivity (Wildman–Crippen MR) is 139 cm³/mol.